The normalized spacial score (nSPS) is 21.7. The Morgan fingerprint density at radius 2 is 1.72 bits per heavy atom. The van der Waals surface area contributed by atoms with Crippen LogP contribution in [-0.2, 0) is 0 Å². The molecule has 1 N–H and O–H groups in total. The summed E-state index contributed by atoms with van der Waals surface area (Å²) < 4.78 is 2.38. The maximum atomic E-state index is 5.95. The molecule has 4 nitrogen and oxygen atoms in total. The van der Waals surface area contributed by atoms with Crippen LogP contribution in [0.5, 0.6) is 0 Å². The Morgan fingerprint density at radius 3 is 2.41 bits per heavy atom. The molecule has 1 aromatic carbocycles. The van der Waals surface area contributed by atoms with E-state index in [-0.39, 0.29) is 12.1 Å². The van der Waals surface area contributed by atoms with Crippen LogP contribution in [0.2, 0.25) is 0 Å². The molecule has 1 saturated heterocycles. The monoisotopic (exact) mass is 444 g/mol. The summed E-state index contributed by atoms with van der Waals surface area (Å²) in [6, 6.07) is 18.0. The van der Waals surface area contributed by atoms with E-state index >= 15 is 0 Å². The number of hydrogen-bond acceptors (Lipinski definition) is 2. The van der Waals surface area contributed by atoms with Crippen molar-refractivity contribution in [2.75, 3.05) is 0 Å². The number of nitrogens with one attached hydrogen (secondary N) is 1. The average molecular weight is 445 g/mol. The molecule has 1 aliphatic carbocycles. The number of benzene rings is 1. The van der Waals surface area contributed by atoms with Crippen molar-refractivity contribution in [2.24, 2.45) is 0 Å². The number of hydrogen-bond donors (Lipinski definition) is 1. The summed E-state index contributed by atoms with van der Waals surface area (Å²) in [4.78, 5) is 7.23. The highest BCUT2D eigenvalue weighted by Crippen LogP contribution is 2.44. The largest absolute Gasteiger partial charge is 0.352 e. The van der Waals surface area contributed by atoms with Crippen LogP contribution in [0.15, 0.2) is 54.7 Å². The summed E-state index contributed by atoms with van der Waals surface area (Å²) in [6.45, 7) is 6.59. The summed E-state index contributed by atoms with van der Waals surface area (Å²) in [5.74, 6) is 0. The van der Waals surface area contributed by atoms with E-state index in [9.17, 15) is 0 Å². The number of nitrogens with zero attached hydrogens (tertiary/aromatic N) is 3. The van der Waals surface area contributed by atoms with Gasteiger partial charge in [0.15, 0.2) is 5.11 Å². The van der Waals surface area contributed by atoms with Gasteiger partial charge in [0.2, 0.25) is 0 Å². The fourth-order valence-corrected chi connectivity index (χ4v) is 6.02. The molecule has 2 unspecified atom stereocenters. The number of aromatic nitrogens is 2. The van der Waals surface area contributed by atoms with Gasteiger partial charge < -0.3 is 14.8 Å². The molecule has 2 aliphatic rings. The highest BCUT2D eigenvalue weighted by molar-refractivity contribution is 7.80. The van der Waals surface area contributed by atoms with Gasteiger partial charge in [-0.15, -0.1) is 0 Å². The van der Waals surface area contributed by atoms with E-state index in [1.54, 1.807) is 0 Å². The SMILES string of the molecule is Cc1ccc(-n2c(C)cc(C3C(c4ccccn4)NC(=S)N3C3CCCCC3)c2C)cc1. The summed E-state index contributed by atoms with van der Waals surface area (Å²) >= 11 is 5.95. The van der Waals surface area contributed by atoms with Crippen LogP contribution in [0.4, 0.5) is 0 Å². The van der Waals surface area contributed by atoms with Crippen LogP contribution in [0.3, 0.4) is 0 Å². The Labute approximate surface area is 196 Å². The lowest BCUT2D eigenvalue weighted by Gasteiger charge is -2.37. The predicted octanol–water partition coefficient (Wildman–Crippen LogP) is 6.10. The van der Waals surface area contributed by atoms with Gasteiger partial charge in [-0.2, -0.15) is 0 Å². The lowest BCUT2D eigenvalue weighted by atomic mass is 9.90. The zero-order valence-electron chi connectivity index (χ0n) is 19.2. The lowest BCUT2D eigenvalue weighted by Crippen LogP contribution is -2.40. The maximum absolute atomic E-state index is 5.95. The van der Waals surface area contributed by atoms with Crippen molar-refractivity contribution in [1.29, 1.82) is 0 Å². The van der Waals surface area contributed by atoms with Crippen LogP contribution in [0.25, 0.3) is 5.69 Å². The number of thiocarbonyl (C=S) groups is 1. The first-order chi connectivity index (χ1) is 15.5. The molecule has 1 saturated carbocycles. The third kappa shape index (κ3) is 3.73. The van der Waals surface area contributed by atoms with Crippen molar-refractivity contribution in [2.45, 2.75) is 71.0 Å². The Morgan fingerprint density at radius 1 is 0.969 bits per heavy atom. The molecule has 3 aromatic rings. The average Bonchev–Trinajstić information content (AvgIpc) is 3.31. The van der Waals surface area contributed by atoms with Gasteiger partial charge in [-0.3, -0.25) is 4.98 Å². The summed E-state index contributed by atoms with van der Waals surface area (Å²) in [5, 5.41) is 4.53. The fraction of sp³-hybridized carbons (Fsp3) is 0.407. The molecule has 3 heterocycles. The van der Waals surface area contributed by atoms with Crippen LogP contribution in [-0.4, -0.2) is 25.6 Å². The molecule has 5 heteroatoms. The molecule has 0 spiro atoms. The lowest BCUT2D eigenvalue weighted by molar-refractivity contribution is 0.197. The molecule has 1 aliphatic heterocycles. The smallest absolute Gasteiger partial charge is 0.170 e. The highest BCUT2D eigenvalue weighted by atomic mass is 32.1. The highest BCUT2D eigenvalue weighted by Gasteiger charge is 2.44. The fourth-order valence-electron chi connectivity index (χ4n) is 5.63. The molecular weight excluding hydrogens is 412 g/mol. The molecule has 0 radical (unpaired) electrons. The quantitative estimate of drug-likeness (QED) is 0.493. The van der Waals surface area contributed by atoms with Crippen molar-refractivity contribution in [3.8, 4) is 5.69 Å². The molecule has 2 atom stereocenters. The van der Waals surface area contributed by atoms with Gasteiger partial charge in [-0.1, -0.05) is 43.0 Å². The van der Waals surface area contributed by atoms with E-state index < -0.39 is 0 Å². The molecule has 166 valence electrons. The van der Waals surface area contributed by atoms with Crippen molar-refractivity contribution < 1.29 is 0 Å². The minimum Gasteiger partial charge on any atom is -0.352 e. The second-order valence-electron chi connectivity index (χ2n) is 9.32. The molecular formula is C27H32N4S. The van der Waals surface area contributed by atoms with Gasteiger partial charge in [0.05, 0.1) is 17.8 Å². The first-order valence-corrected chi connectivity index (χ1v) is 12.2. The van der Waals surface area contributed by atoms with Crippen molar-refractivity contribution >= 4 is 17.3 Å². The van der Waals surface area contributed by atoms with E-state index in [0.717, 1.165) is 10.8 Å². The zero-order chi connectivity index (χ0) is 22.2. The topological polar surface area (TPSA) is 33.1 Å². The van der Waals surface area contributed by atoms with Crippen molar-refractivity contribution in [1.82, 2.24) is 19.8 Å². The zero-order valence-corrected chi connectivity index (χ0v) is 20.0. The minimum atomic E-state index is 0.0533. The second-order valence-corrected chi connectivity index (χ2v) is 9.71. The summed E-state index contributed by atoms with van der Waals surface area (Å²) in [5.41, 5.74) is 7.42. The molecule has 32 heavy (non-hydrogen) atoms. The van der Waals surface area contributed by atoms with Gasteiger partial charge in [0, 0.05) is 29.3 Å². The first-order valence-electron chi connectivity index (χ1n) is 11.8. The summed E-state index contributed by atoms with van der Waals surface area (Å²) in [6.07, 6.45) is 8.21. The Hall–Kier alpha value is -2.66. The van der Waals surface area contributed by atoms with Crippen LogP contribution < -0.4 is 5.32 Å². The van der Waals surface area contributed by atoms with Crippen LogP contribution in [0, 0.1) is 20.8 Å². The Bertz CT molecular complexity index is 1100. The van der Waals surface area contributed by atoms with Crippen LogP contribution in [0.1, 0.15) is 72.4 Å². The third-order valence-corrected chi connectivity index (χ3v) is 7.51. The van der Waals surface area contributed by atoms with Gasteiger partial charge in [-0.25, -0.2) is 0 Å². The van der Waals surface area contributed by atoms with E-state index in [2.05, 4.69) is 78.0 Å². The molecule has 5 rings (SSSR count). The Balaban J connectivity index is 1.62. The molecule has 2 fully saturated rings. The molecule has 0 bridgehead atoms. The number of aryl methyl sites for hydroxylation is 2. The number of rotatable bonds is 4. The standard InChI is InChI=1S/C27H32N4S/c1-18-12-14-22(15-13-18)30-19(2)17-23(20(30)3)26-25(24-11-7-8-16-28-24)29-27(32)31(26)21-9-5-4-6-10-21/h7-8,11-17,21,25-26H,4-6,9-10H2,1-3H3,(H,29,32). The van der Waals surface area contributed by atoms with E-state index in [1.165, 1.54) is 60.3 Å². The Kier molecular flexibility index (Phi) is 5.76. The van der Waals surface area contributed by atoms with Gasteiger partial charge >= 0.3 is 0 Å². The van der Waals surface area contributed by atoms with E-state index in [4.69, 9.17) is 17.2 Å². The first kappa shape index (κ1) is 21.2. The second kappa shape index (κ2) is 8.70. The molecule has 0 amide bonds. The van der Waals surface area contributed by atoms with Gasteiger partial charge in [0.1, 0.15) is 0 Å². The predicted molar refractivity (Wildman–Crippen MR) is 134 cm³/mol. The van der Waals surface area contributed by atoms with Gasteiger partial charge in [-0.05, 0) is 81.7 Å². The van der Waals surface area contributed by atoms with E-state index in [0.29, 0.717) is 6.04 Å². The van der Waals surface area contributed by atoms with Gasteiger partial charge in [0.25, 0.3) is 0 Å². The van der Waals surface area contributed by atoms with E-state index in [1.807, 2.05) is 12.3 Å². The van der Waals surface area contributed by atoms with Crippen LogP contribution >= 0.6 is 12.2 Å². The third-order valence-electron chi connectivity index (χ3n) is 7.18. The molecule has 2 aromatic heterocycles. The number of pyridine rings is 1. The van der Waals surface area contributed by atoms with Crippen molar-refractivity contribution in [3.63, 3.8) is 0 Å². The van der Waals surface area contributed by atoms with Crippen molar-refractivity contribution in [3.05, 3.63) is 82.9 Å². The minimum absolute atomic E-state index is 0.0533. The summed E-state index contributed by atoms with van der Waals surface area (Å²) in [7, 11) is 0. The maximum Gasteiger partial charge on any atom is 0.170 e.